The van der Waals surface area contributed by atoms with E-state index in [9.17, 15) is 10.1 Å². The molecule has 20 heavy (non-hydrogen) atoms. The minimum atomic E-state index is -0.416. The van der Waals surface area contributed by atoms with E-state index in [0.29, 0.717) is 19.0 Å². The Labute approximate surface area is 116 Å². The monoisotopic (exact) mass is 279 g/mol. The Balaban J connectivity index is 2.02. The summed E-state index contributed by atoms with van der Waals surface area (Å²) in [5, 5.41) is 14.1. The summed E-state index contributed by atoms with van der Waals surface area (Å²) in [4.78, 5) is 21.1. The van der Waals surface area contributed by atoms with Gasteiger partial charge in [0, 0.05) is 13.6 Å². The summed E-state index contributed by atoms with van der Waals surface area (Å²) in [5.41, 5.74) is -0.0532. The number of hydrogen-bond donors (Lipinski definition) is 1. The van der Waals surface area contributed by atoms with Gasteiger partial charge in [0.2, 0.25) is 11.6 Å². The lowest BCUT2D eigenvalue weighted by molar-refractivity contribution is -0.383. The molecule has 1 N–H and O–H groups in total. The van der Waals surface area contributed by atoms with Gasteiger partial charge in [-0.1, -0.05) is 0 Å². The molecule has 1 aromatic heterocycles. The molecule has 0 radical (unpaired) electrons. The summed E-state index contributed by atoms with van der Waals surface area (Å²) in [7, 11) is 1.62. The van der Waals surface area contributed by atoms with Crippen LogP contribution in [0.1, 0.15) is 19.3 Å². The molecule has 0 spiro atoms. The predicted molar refractivity (Wildman–Crippen MR) is 73.0 cm³/mol. The van der Waals surface area contributed by atoms with Crippen molar-refractivity contribution in [3.8, 4) is 0 Å². The normalized spacial score (nSPS) is 25.4. The first-order valence-corrected chi connectivity index (χ1v) is 6.77. The largest absolute Gasteiger partial charge is 0.374 e. The van der Waals surface area contributed by atoms with Crippen LogP contribution in [0.4, 0.5) is 17.3 Å². The molecule has 3 rings (SSSR count). The topological polar surface area (TPSA) is 93.4 Å². The van der Waals surface area contributed by atoms with Crippen LogP contribution < -0.4 is 10.2 Å². The fourth-order valence-corrected chi connectivity index (χ4v) is 3.12. The highest BCUT2D eigenvalue weighted by Crippen LogP contribution is 2.38. The molecule has 2 unspecified atom stereocenters. The Morgan fingerprint density at radius 2 is 2.35 bits per heavy atom. The number of rotatable bonds is 3. The fourth-order valence-electron chi connectivity index (χ4n) is 3.12. The molecule has 0 aromatic carbocycles. The predicted octanol–water partition coefficient (Wildman–Crippen LogP) is 1.18. The molecule has 2 fully saturated rings. The van der Waals surface area contributed by atoms with Crippen molar-refractivity contribution in [2.75, 3.05) is 30.4 Å². The molecule has 1 aliphatic carbocycles. The van der Waals surface area contributed by atoms with Gasteiger partial charge in [0.15, 0.2) is 0 Å². The van der Waals surface area contributed by atoms with Crippen LogP contribution in [-0.4, -0.2) is 47.2 Å². The Hall–Kier alpha value is -1.96. The van der Waals surface area contributed by atoms with Crippen LogP contribution in [0.15, 0.2) is 6.33 Å². The Kier molecular flexibility index (Phi) is 3.39. The molecule has 0 bridgehead atoms. The highest BCUT2D eigenvalue weighted by molar-refractivity contribution is 5.70. The van der Waals surface area contributed by atoms with Gasteiger partial charge in [0.05, 0.1) is 23.7 Å². The van der Waals surface area contributed by atoms with E-state index in [1.807, 2.05) is 4.90 Å². The van der Waals surface area contributed by atoms with Crippen molar-refractivity contribution < 1.29 is 9.66 Å². The highest BCUT2D eigenvalue weighted by Gasteiger charge is 2.40. The van der Waals surface area contributed by atoms with E-state index in [0.717, 1.165) is 19.3 Å². The van der Waals surface area contributed by atoms with Crippen LogP contribution in [0.5, 0.6) is 0 Å². The average molecular weight is 279 g/mol. The summed E-state index contributed by atoms with van der Waals surface area (Å²) >= 11 is 0. The van der Waals surface area contributed by atoms with E-state index in [2.05, 4.69) is 15.3 Å². The maximum atomic E-state index is 11.4. The molecule has 0 amide bonds. The van der Waals surface area contributed by atoms with E-state index >= 15 is 0 Å². The van der Waals surface area contributed by atoms with Crippen molar-refractivity contribution in [3.63, 3.8) is 0 Å². The molecule has 8 heteroatoms. The van der Waals surface area contributed by atoms with Crippen LogP contribution in [0, 0.1) is 10.1 Å². The molecule has 108 valence electrons. The summed E-state index contributed by atoms with van der Waals surface area (Å²) in [6.07, 6.45) is 4.62. The number of fused-ring (bicyclic) bond motifs is 1. The minimum absolute atomic E-state index is 0.0532. The zero-order valence-electron chi connectivity index (χ0n) is 11.3. The van der Waals surface area contributed by atoms with Gasteiger partial charge >= 0.3 is 5.69 Å². The van der Waals surface area contributed by atoms with E-state index in [1.54, 1.807) is 7.05 Å². The summed E-state index contributed by atoms with van der Waals surface area (Å²) < 4.78 is 5.74. The SMILES string of the molecule is CNc1ncnc(N2CCOC3CCCC32)c1[N+](=O)[O-]. The van der Waals surface area contributed by atoms with Gasteiger partial charge in [-0.15, -0.1) is 0 Å². The van der Waals surface area contributed by atoms with Crippen molar-refractivity contribution in [2.45, 2.75) is 31.4 Å². The first-order valence-electron chi connectivity index (χ1n) is 6.77. The fraction of sp³-hybridized carbons (Fsp3) is 0.667. The van der Waals surface area contributed by atoms with Gasteiger partial charge < -0.3 is 15.0 Å². The maximum Gasteiger partial charge on any atom is 0.353 e. The first kappa shape index (κ1) is 13.0. The molecular weight excluding hydrogens is 262 g/mol. The van der Waals surface area contributed by atoms with Crippen molar-refractivity contribution in [3.05, 3.63) is 16.4 Å². The van der Waals surface area contributed by atoms with E-state index in [1.165, 1.54) is 6.33 Å². The lowest BCUT2D eigenvalue weighted by Crippen LogP contribution is -2.49. The number of nitrogens with one attached hydrogen (secondary N) is 1. The lowest BCUT2D eigenvalue weighted by Gasteiger charge is -2.38. The van der Waals surface area contributed by atoms with Gasteiger partial charge in [0.1, 0.15) is 6.33 Å². The number of hydrogen-bond acceptors (Lipinski definition) is 7. The number of ether oxygens (including phenoxy) is 1. The molecule has 1 aliphatic heterocycles. The standard InChI is InChI=1S/C12H17N5O3/c1-13-11-10(17(18)19)12(15-7-14-11)16-5-6-20-9-4-2-3-8(9)16/h7-9H,2-6H2,1H3,(H,13,14,15). The zero-order chi connectivity index (χ0) is 14.1. The smallest absolute Gasteiger partial charge is 0.353 e. The van der Waals surface area contributed by atoms with Crippen LogP contribution in [0.3, 0.4) is 0 Å². The van der Waals surface area contributed by atoms with Gasteiger partial charge in [-0.2, -0.15) is 0 Å². The third-order valence-electron chi connectivity index (χ3n) is 3.98. The molecule has 1 saturated carbocycles. The molecule has 8 nitrogen and oxygen atoms in total. The second kappa shape index (κ2) is 5.20. The van der Waals surface area contributed by atoms with Crippen molar-refractivity contribution in [1.29, 1.82) is 0 Å². The van der Waals surface area contributed by atoms with E-state index in [-0.39, 0.29) is 23.7 Å². The van der Waals surface area contributed by atoms with Crippen LogP contribution in [0.25, 0.3) is 0 Å². The molecular formula is C12H17N5O3. The number of aromatic nitrogens is 2. The Morgan fingerprint density at radius 3 is 3.10 bits per heavy atom. The number of anilines is 2. The minimum Gasteiger partial charge on any atom is -0.374 e. The van der Waals surface area contributed by atoms with Crippen LogP contribution >= 0.6 is 0 Å². The Bertz CT molecular complexity index is 524. The maximum absolute atomic E-state index is 11.4. The van der Waals surface area contributed by atoms with E-state index < -0.39 is 4.92 Å². The van der Waals surface area contributed by atoms with Crippen molar-refractivity contribution >= 4 is 17.3 Å². The third kappa shape index (κ3) is 2.05. The Morgan fingerprint density at radius 1 is 1.50 bits per heavy atom. The number of nitro groups is 1. The molecule has 2 aliphatic rings. The van der Waals surface area contributed by atoms with Gasteiger partial charge in [0.25, 0.3) is 0 Å². The molecule has 2 atom stereocenters. The average Bonchev–Trinajstić information content (AvgIpc) is 2.94. The van der Waals surface area contributed by atoms with Crippen molar-refractivity contribution in [1.82, 2.24) is 9.97 Å². The first-order chi connectivity index (χ1) is 9.72. The van der Waals surface area contributed by atoms with Crippen LogP contribution in [-0.2, 0) is 4.74 Å². The van der Waals surface area contributed by atoms with Gasteiger partial charge in [-0.3, -0.25) is 10.1 Å². The summed E-state index contributed by atoms with van der Waals surface area (Å²) in [6.45, 7) is 1.21. The third-order valence-corrected chi connectivity index (χ3v) is 3.98. The van der Waals surface area contributed by atoms with E-state index in [4.69, 9.17) is 4.74 Å². The molecule has 1 saturated heterocycles. The number of nitrogens with zero attached hydrogens (tertiary/aromatic N) is 4. The highest BCUT2D eigenvalue weighted by atomic mass is 16.6. The zero-order valence-corrected chi connectivity index (χ0v) is 11.3. The quantitative estimate of drug-likeness (QED) is 0.656. The number of morpholine rings is 1. The summed E-state index contributed by atoms with van der Waals surface area (Å²) in [5.74, 6) is 0.649. The summed E-state index contributed by atoms with van der Waals surface area (Å²) in [6, 6.07) is 0.182. The lowest BCUT2D eigenvalue weighted by atomic mass is 10.1. The molecule has 2 heterocycles. The van der Waals surface area contributed by atoms with Crippen LogP contribution in [0.2, 0.25) is 0 Å². The van der Waals surface area contributed by atoms with Crippen molar-refractivity contribution in [2.24, 2.45) is 0 Å². The second-order valence-corrected chi connectivity index (χ2v) is 5.00. The molecule has 1 aromatic rings. The van der Waals surface area contributed by atoms with Gasteiger partial charge in [-0.05, 0) is 19.3 Å². The van der Waals surface area contributed by atoms with Gasteiger partial charge in [-0.25, -0.2) is 9.97 Å². The second-order valence-electron chi connectivity index (χ2n) is 5.00.